The first-order chi connectivity index (χ1) is 13.5. The molecule has 0 amide bonds. The average molecular weight is 386 g/mol. The minimum Gasteiger partial charge on any atom is -0.478 e. The van der Waals surface area contributed by atoms with Crippen LogP contribution in [0, 0.1) is 5.82 Å². The molecule has 8 nitrogen and oxygen atoms in total. The van der Waals surface area contributed by atoms with Crippen LogP contribution in [0.5, 0.6) is 0 Å². The summed E-state index contributed by atoms with van der Waals surface area (Å²) in [5.74, 6) is -1.10. The third-order valence-corrected chi connectivity index (χ3v) is 4.38. The molecule has 0 aliphatic heterocycles. The van der Waals surface area contributed by atoms with Gasteiger partial charge in [-0.15, -0.1) is 5.10 Å². The summed E-state index contributed by atoms with van der Waals surface area (Å²) in [6, 6.07) is 5.80. The van der Waals surface area contributed by atoms with Gasteiger partial charge in [-0.2, -0.15) is 10.2 Å². The molecular formula is C19H23FN6O2. The molecule has 3 aromatic rings. The number of hydrogen-bond acceptors (Lipinski definition) is 6. The van der Waals surface area contributed by atoms with Crippen LogP contribution in [0.1, 0.15) is 29.6 Å². The Labute approximate surface area is 162 Å². The van der Waals surface area contributed by atoms with Gasteiger partial charge in [0.05, 0.1) is 11.7 Å². The number of aromatic nitrogens is 4. The van der Waals surface area contributed by atoms with Crippen LogP contribution in [-0.2, 0) is 6.54 Å². The second-order valence-corrected chi connectivity index (χ2v) is 6.82. The van der Waals surface area contributed by atoms with Gasteiger partial charge in [0.1, 0.15) is 11.4 Å². The van der Waals surface area contributed by atoms with E-state index in [4.69, 9.17) is 0 Å². The number of hydrogen-bond donors (Lipinski definition) is 2. The zero-order chi connectivity index (χ0) is 20.1. The molecule has 28 heavy (non-hydrogen) atoms. The van der Waals surface area contributed by atoms with Gasteiger partial charge in [-0.3, -0.25) is 4.68 Å². The quantitative estimate of drug-likeness (QED) is 0.545. The topological polar surface area (TPSA) is 96.2 Å². The monoisotopic (exact) mass is 386 g/mol. The maximum absolute atomic E-state index is 13.8. The van der Waals surface area contributed by atoms with E-state index in [0.717, 1.165) is 31.3 Å². The standard InChI is InChI=1S/C19H23FN6O2/c1-25(2)10-4-3-5-11-26-16-7-6-13(20)12-15(16)18(24-26)22-17-14(19(27)28)8-9-21-23-17/h6-9,12H,3-5,10-11H2,1-2H3,(H,27,28)(H,22,23,24). The molecule has 0 fully saturated rings. The predicted molar refractivity (Wildman–Crippen MR) is 104 cm³/mol. The highest BCUT2D eigenvalue weighted by Crippen LogP contribution is 2.27. The van der Waals surface area contributed by atoms with Crippen molar-refractivity contribution in [1.29, 1.82) is 0 Å². The molecule has 0 aliphatic carbocycles. The van der Waals surface area contributed by atoms with Crippen LogP contribution in [-0.4, -0.2) is 56.6 Å². The smallest absolute Gasteiger partial charge is 0.339 e. The van der Waals surface area contributed by atoms with Crippen molar-refractivity contribution in [2.75, 3.05) is 26.0 Å². The molecule has 1 aromatic carbocycles. The SMILES string of the molecule is CN(C)CCCCCn1nc(Nc2nnccc2C(=O)O)c2cc(F)ccc21. The van der Waals surface area contributed by atoms with Gasteiger partial charge in [0.2, 0.25) is 0 Å². The van der Waals surface area contributed by atoms with Crippen LogP contribution in [0.15, 0.2) is 30.5 Å². The van der Waals surface area contributed by atoms with Crippen molar-refractivity contribution in [3.63, 3.8) is 0 Å². The van der Waals surface area contributed by atoms with E-state index < -0.39 is 11.8 Å². The fraction of sp³-hybridized carbons (Fsp3) is 0.368. The lowest BCUT2D eigenvalue weighted by Gasteiger charge is -2.09. The molecule has 2 heterocycles. The molecule has 0 atom stereocenters. The maximum atomic E-state index is 13.8. The molecular weight excluding hydrogens is 363 g/mol. The van der Waals surface area contributed by atoms with E-state index in [-0.39, 0.29) is 11.4 Å². The molecule has 2 aromatic heterocycles. The summed E-state index contributed by atoms with van der Waals surface area (Å²) in [6.45, 7) is 1.71. The van der Waals surface area contributed by atoms with Crippen molar-refractivity contribution in [1.82, 2.24) is 24.9 Å². The summed E-state index contributed by atoms with van der Waals surface area (Å²) >= 11 is 0. The normalized spacial score (nSPS) is 11.3. The first-order valence-electron chi connectivity index (χ1n) is 9.08. The second kappa shape index (κ2) is 8.75. The lowest BCUT2D eigenvalue weighted by molar-refractivity contribution is 0.0697. The van der Waals surface area contributed by atoms with Gasteiger partial charge < -0.3 is 15.3 Å². The number of nitrogens with zero attached hydrogens (tertiary/aromatic N) is 5. The Bertz CT molecular complexity index is 972. The molecule has 0 aliphatic rings. The first kappa shape index (κ1) is 19.7. The molecule has 9 heteroatoms. The zero-order valence-electron chi connectivity index (χ0n) is 15.9. The molecule has 0 bridgehead atoms. The molecule has 0 radical (unpaired) electrons. The Hall–Kier alpha value is -3.07. The van der Waals surface area contributed by atoms with Crippen molar-refractivity contribution < 1.29 is 14.3 Å². The predicted octanol–water partition coefficient (Wildman–Crippen LogP) is 3.14. The van der Waals surface area contributed by atoms with Crippen LogP contribution in [0.2, 0.25) is 0 Å². The number of aromatic carboxylic acids is 1. The number of anilines is 2. The number of unbranched alkanes of at least 4 members (excludes halogenated alkanes) is 2. The van der Waals surface area contributed by atoms with Gasteiger partial charge in [0.15, 0.2) is 11.6 Å². The Balaban J connectivity index is 1.85. The highest BCUT2D eigenvalue weighted by atomic mass is 19.1. The third-order valence-electron chi connectivity index (χ3n) is 4.38. The highest BCUT2D eigenvalue weighted by molar-refractivity contribution is 5.96. The summed E-state index contributed by atoms with van der Waals surface area (Å²) in [5, 5.41) is 24.9. The second-order valence-electron chi connectivity index (χ2n) is 6.82. The summed E-state index contributed by atoms with van der Waals surface area (Å²) in [5.41, 5.74) is 0.745. The third kappa shape index (κ3) is 4.61. The van der Waals surface area contributed by atoms with Gasteiger partial charge >= 0.3 is 5.97 Å². The van der Waals surface area contributed by atoms with E-state index >= 15 is 0 Å². The Morgan fingerprint density at radius 2 is 2.04 bits per heavy atom. The molecule has 0 saturated heterocycles. The molecule has 0 unspecified atom stereocenters. The van der Waals surface area contributed by atoms with E-state index in [2.05, 4.69) is 25.5 Å². The minimum atomic E-state index is -1.13. The number of nitrogens with one attached hydrogen (secondary N) is 1. The summed E-state index contributed by atoms with van der Waals surface area (Å²) in [7, 11) is 4.09. The fourth-order valence-corrected chi connectivity index (χ4v) is 2.99. The molecule has 0 saturated carbocycles. The van der Waals surface area contributed by atoms with Crippen LogP contribution < -0.4 is 5.32 Å². The number of halogens is 1. The van der Waals surface area contributed by atoms with Gasteiger partial charge in [-0.1, -0.05) is 6.42 Å². The van der Waals surface area contributed by atoms with Crippen molar-refractivity contribution in [2.24, 2.45) is 0 Å². The van der Waals surface area contributed by atoms with Crippen LogP contribution >= 0.6 is 0 Å². The number of benzene rings is 1. The van der Waals surface area contributed by atoms with E-state index in [9.17, 15) is 14.3 Å². The molecule has 2 N–H and O–H groups in total. The minimum absolute atomic E-state index is 0.0298. The van der Waals surface area contributed by atoms with E-state index in [1.165, 1.54) is 24.4 Å². The largest absolute Gasteiger partial charge is 0.478 e. The maximum Gasteiger partial charge on any atom is 0.339 e. The number of rotatable bonds is 9. The van der Waals surface area contributed by atoms with Gasteiger partial charge in [-0.05, 0) is 57.7 Å². The average Bonchev–Trinajstić information content (AvgIpc) is 2.98. The Morgan fingerprint density at radius 1 is 1.21 bits per heavy atom. The number of carboxylic acids is 1. The van der Waals surface area contributed by atoms with Crippen molar-refractivity contribution in [3.05, 3.63) is 41.8 Å². The van der Waals surface area contributed by atoms with E-state index in [1.54, 1.807) is 6.07 Å². The Morgan fingerprint density at radius 3 is 2.79 bits per heavy atom. The van der Waals surface area contributed by atoms with Crippen LogP contribution in [0.4, 0.5) is 16.0 Å². The van der Waals surface area contributed by atoms with E-state index in [0.29, 0.717) is 17.7 Å². The van der Waals surface area contributed by atoms with Crippen LogP contribution in [0.25, 0.3) is 10.9 Å². The van der Waals surface area contributed by atoms with Gasteiger partial charge in [0.25, 0.3) is 0 Å². The highest BCUT2D eigenvalue weighted by Gasteiger charge is 2.16. The lowest BCUT2D eigenvalue weighted by Crippen LogP contribution is -2.13. The van der Waals surface area contributed by atoms with Crippen molar-refractivity contribution in [2.45, 2.75) is 25.8 Å². The van der Waals surface area contributed by atoms with Gasteiger partial charge in [0, 0.05) is 11.9 Å². The van der Waals surface area contributed by atoms with Gasteiger partial charge in [-0.25, -0.2) is 9.18 Å². The fourth-order valence-electron chi connectivity index (χ4n) is 2.99. The number of aryl methyl sites for hydroxylation is 1. The summed E-state index contributed by atoms with van der Waals surface area (Å²) < 4.78 is 15.6. The summed E-state index contributed by atoms with van der Waals surface area (Å²) in [6.07, 6.45) is 4.38. The van der Waals surface area contributed by atoms with Crippen LogP contribution in [0.3, 0.4) is 0 Å². The number of fused-ring (bicyclic) bond motifs is 1. The number of carboxylic acid groups (broad SMARTS) is 1. The lowest BCUT2D eigenvalue weighted by atomic mass is 10.2. The number of carbonyl (C=O) groups is 1. The Kier molecular flexibility index (Phi) is 6.15. The van der Waals surface area contributed by atoms with Crippen molar-refractivity contribution >= 4 is 28.5 Å². The summed E-state index contributed by atoms with van der Waals surface area (Å²) in [4.78, 5) is 13.5. The molecule has 0 spiro atoms. The molecule has 3 rings (SSSR count). The zero-order valence-corrected chi connectivity index (χ0v) is 15.9. The van der Waals surface area contributed by atoms with E-state index in [1.807, 2.05) is 18.8 Å². The first-order valence-corrected chi connectivity index (χ1v) is 9.08. The van der Waals surface area contributed by atoms with Crippen molar-refractivity contribution in [3.8, 4) is 0 Å². The molecule has 148 valence electrons.